The SMILES string of the molecule is Cc1noc(CNC(=O)c2ccncc2O)n1. The fourth-order valence-electron chi connectivity index (χ4n) is 1.24. The number of hydrogen-bond donors (Lipinski definition) is 2. The lowest BCUT2D eigenvalue weighted by atomic mass is 10.2. The molecule has 0 fully saturated rings. The second-order valence-electron chi connectivity index (χ2n) is 3.31. The van der Waals surface area contributed by atoms with E-state index in [1.54, 1.807) is 6.92 Å². The van der Waals surface area contributed by atoms with Crippen molar-refractivity contribution in [2.45, 2.75) is 13.5 Å². The van der Waals surface area contributed by atoms with E-state index in [9.17, 15) is 9.90 Å². The number of rotatable bonds is 3. The summed E-state index contributed by atoms with van der Waals surface area (Å²) in [4.78, 5) is 19.3. The molecule has 0 unspecified atom stereocenters. The van der Waals surface area contributed by atoms with E-state index in [1.807, 2.05) is 0 Å². The second-order valence-corrected chi connectivity index (χ2v) is 3.31. The van der Waals surface area contributed by atoms with Crippen LogP contribution in [0.5, 0.6) is 5.75 Å². The zero-order valence-corrected chi connectivity index (χ0v) is 9.04. The molecular weight excluding hydrogens is 224 g/mol. The summed E-state index contributed by atoms with van der Waals surface area (Å²) in [6.45, 7) is 1.80. The van der Waals surface area contributed by atoms with E-state index in [4.69, 9.17) is 4.52 Å². The van der Waals surface area contributed by atoms with E-state index >= 15 is 0 Å². The van der Waals surface area contributed by atoms with E-state index < -0.39 is 5.91 Å². The van der Waals surface area contributed by atoms with Crippen LogP contribution in [-0.4, -0.2) is 26.1 Å². The highest BCUT2D eigenvalue weighted by Crippen LogP contribution is 2.13. The summed E-state index contributed by atoms with van der Waals surface area (Å²) in [6.07, 6.45) is 2.62. The molecule has 2 N–H and O–H groups in total. The van der Waals surface area contributed by atoms with Crippen LogP contribution in [0.2, 0.25) is 0 Å². The lowest BCUT2D eigenvalue weighted by Crippen LogP contribution is -2.23. The van der Waals surface area contributed by atoms with Crippen LogP contribution < -0.4 is 5.32 Å². The van der Waals surface area contributed by atoms with Crippen molar-refractivity contribution in [3.05, 3.63) is 35.7 Å². The van der Waals surface area contributed by atoms with Crippen LogP contribution in [0.25, 0.3) is 0 Å². The molecule has 2 aromatic rings. The zero-order chi connectivity index (χ0) is 12.3. The maximum absolute atomic E-state index is 11.7. The van der Waals surface area contributed by atoms with Gasteiger partial charge in [0, 0.05) is 6.20 Å². The third kappa shape index (κ3) is 2.57. The fourth-order valence-corrected chi connectivity index (χ4v) is 1.24. The Hall–Kier alpha value is -2.44. The molecule has 2 aromatic heterocycles. The minimum Gasteiger partial charge on any atom is -0.505 e. The molecule has 7 nitrogen and oxygen atoms in total. The van der Waals surface area contributed by atoms with Crippen molar-refractivity contribution in [1.29, 1.82) is 0 Å². The molecule has 17 heavy (non-hydrogen) atoms. The zero-order valence-electron chi connectivity index (χ0n) is 9.04. The average molecular weight is 234 g/mol. The molecule has 0 radical (unpaired) electrons. The normalized spacial score (nSPS) is 10.2. The van der Waals surface area contributed by atoms with Gasteiger partial charge in [0.2, 0.25) is 5.89 Å². The Bertz CT molecular complexity index is 538. The number of hydrogen-bond acceptors (Lipinski definition) is 6. The van der Waals surface area contributed by atoms with Gasteiger partial charge in [-0.3, -0.25) is 9.78 Å². The van der Waals surface area contributed by atoms with Gasteiger partial charge in [-0.15, -0.1) is 0 Å². The van der Waals surface area contributed by atoms with E-state index in [0.29, 0.717) is 11.7 Å². The van der Waals surface area contributed by atoms with Crippen LogP contribution >= 0.6 is 0 Å². The van der Waals surface area contributed by atoms with Gasteiger partial charge in [-0.25, -0.2) is 0 Å². The molecule has 0 saturated heterocycles. The van der Waals surface area contributed by atoms with Gasteiger partial charge in [0.1, 0.15) is 5.75 Å². The van der Waals surface area contributed by atoms with Crippen LogP contribution in [0.15, 0.2) is 23.0 Å². The van der Waals surface area contributed by atoms with Gasteiger partial charge in [0.05, 0.1) is 18.3 Å². The minimum atomic E-state index is -0.430. The Morgan fingerprint density at radius 3 is 3.06 bits per heavy atom. The highest BCUT2D eigenvalue weighted by Gasteiger charge is 2.11. The number of carbonyl (C=O) groups is 1. The molecule has 0 saturated carbocycles. The number of nitrogens with zero attached hydrogens (tertiary/aromatic N) is 3. The van der Waals surface area contributed by atoms with Crippen LogP contribution in [0.1, 0.15) is 22.1 Å². The molecule has 7 heteroatoms. The van der Waals surface area contributed by atoms with Gasteiger partial charge in [-0.2, -0.15) is 4.98 Å². The predicted molar refractivity (Wildman–Crippen MR) is 56.1 cm³/mol. The standard InChI is InChI=1S/C10H10N4O3/c1-6-13-9(17-14-6)5-12-10(16)7-2-3-11-4-8(7)15/h2-4,15H,5H2,1H3,(H,12,16). The first-order valence-electron chi connectivity index (χ1n) is 4.87. The molecule has 0 aliphatic heterocycles. The van der Waals surface area contributed by atoms with Gasteiger partial charge < -0.3 is 14.9 Å². The van der Waals surface area contributed by atoms with Crippen LogP contribution in [0.3, 0.4) is 0 Å². The van der Waals surface area contributed by atoms with Crippen molar-refractivity contribution < 1.29 is 14.4 Å². The number of aryl methyl sites for hydroxylation is 1. The molecular formula is C10H10N4O3. The van der Waals surface area contributed by atoms with E-state index in [2.05, 4.69) is 20.4 Å². The Morgan fingerprint density at radius 1 is 1.59 bits per heavy atom. The number of carbonyl (C=O) groups excluding carboxylic acids is 1. The first-order chi connectivity index (χ1) is 8.16. The van der Waals surface area contributed by atoms with Crippen molar-refractivity contribution in [3.63, 3.8) is 0 Å². The maximum atomic E-state index is 11.7. The lowest BCUT2D eigenvalue weighted by Gasteiger charge is -2.03. The maximum Gasteiger partial charge on any atom is 0.255 e. The Labute approximate surface area is 96.5 Å². The first kappa shape index (κ1) is 11.1. The highest BCUT2D eigenvalue weighted by molar-refractivity contribution is 5.96. The molecule has 88 valence electrons. The quantitative estimate of drug-likeness (QED) is 0.797. The molecule has 0 aliphatic carbocycles. The largest absolute Gasteiger partial charge is 0.505 e. The number of aromatic hydroxyl groups is 1. The predicted octanol–water partition coefficient (Wildman–Crippen LogP) is 0.409. The minimum absolute atomic E-state index is 0.113. The summed E-state index contributed by atoms with van der Waals surface area (Å²) >= 11 is 0. The first-order valence-corrected chi connectivity index (χ1v) is 4.87. The number of nitrogens with one attached hydrogen (secondary N) is 1. The van der Waals surface area contributed by atoms with Crippen LogP contribution in [0.4, 0.5) is 0 Å². The topological polar surface area (TPSA) is 101 Å². The molecule has 2 rings (SSSR count). The Morgan fingerprint density at radius 2 is 2.41 bits per heavy atom. The third-order valence-corrected chi connectivity index (χ3v) is 2.01. The van der Waals surface area contributed by atoms with Crippen LogP contribution in [-0.2, 0) is 6.54 Å². The third-order valence-electron chi connectivity index (χ3n) is 2.01. The monoisotopic (exact) mass is 234 g/mol. The van der Waals surface area contributed by atoms with Crippen molar-refractivity contribution in [1.82, 2.24) is 20.4 Å². The van der Waals surface area contributed by atoms with Crippen molar-refractivity contribution in [3.8, 4) is 5.75 Å². The Balaban J connectivity index is 2.01. The molecule has 0 spiro atoms. The second kappa shape index (κ2) is 4.60. The Kier molecular flexibility index (Phi) is 2.99. The summed E-state index contributed by atoms with van der Waals surface area (Å²) in [5.41, 5.74) is 0.149. The van der Waals surface area contributed by atoms with Gasteiger partial charge >= 0.3 is 0 Å². The molecule has 0 aliphatic rings. The van der Waals surface area contributed by atoms with Gasteiger partial charge in [-0.1, -0.05) is 5.16 Å². The summed E-state index contributed by atoms with van der Waals surface area (Å²) in [5, 5.41) is 15.5. The lowest BCUT2D eigenvalue weighted by molar-refractivity contribution is 0.0943. The summed E-state index contributed by atoms with van der Waals surface area (Å²) in [7, 11) is 0. The van der Waals surface area contributed by atoms with Crippen molar-refractivity contribution in [2.24, 2.45) is 0 Å². The van der Waals surface area contributed by atoms with E-state index in [-0.39, 0.29) is 17.9 Å². The molecule has 0 aromatic carbocycles. The molecule has 1 amide bonds. The van der Waals surface area contributed by atoms with E-state index in [1.165, 1.54) is 18.5 Å². The van der Waals surface area contributed by atoms with Gasteiger partial charge in [0.15, 0.2) is 5.82 Å². The van der Waals surface area contributed by atoms with Crippen LogP contribution in [0, 0.1) is 6.92 Å². The van der Waals surface area contributed by atoms with Gasteiger partial charge in [-0.05, 0) is 13.0 Å². The van der Waals surface area contributed by atoms with Crippen molar-refractivity contribution in [2.75, 3.05) is 0 Å². The summed E-state index contributed by atoms with van der Waals surface area (Å²) in [6, 6.07) is 1.42. The van der Waals surface area contributed by atoms with E-state index in [0.717, 1.165) is 0 Å². The average Bonchev–Trinajstić information content (AvgIpc) is 2.73. The summed E-state index contributed by atoms with van der Waals surface area (Å²) in [5.74, 6) is 0.206. The fraction of sp³-hybridized carbons (Fsp3) is 0.200. The number of pyridine rings is 1. The molecule has 2 heterocycles. The molecule has 0 atom stereocenters. The number of aromatic nitrogens is 3. The number of amides is 1. The highest BCUT2D eigenvalue weighted by atomic mass is 16.5. The molecule has 0 bridgehead atoms. The summed E-state index contributed by atoms with van der Waals surface area (Å²) < 4.78 is 4.83. The van der Waals surface area contributed by atoms with Gasteiger partial charge in [0.25, 0.3) is 5.91 Å². The van der Waals surface area contributed by atoms with Crippen molar-refractivity contribution >= 4 is 5.91 Å². The smallest absolute Gasteiger partial charge is 0.255 e.